The van der Waals surface area contributed by atoms with Crippen molar-refractivity contribution in [2.45, 2.75) is 45.5 Å². The second-order valence-electron chi connectivity index (χ2n) is 8.36. The molecule has 0 atom stereocenters. The van der Waals surface area contributed by atoms with E-state index in [0.29, 0.717) is 21.9 Å². The molecule has 1 aromatic carbocycles. The monoisotopic (exact) mass is 443 g/mol. The van der Waals surface area contributed by atoms with Crippen LogP contribution in [0.25, 0.3) is 6.08 Å². The molecule has 0 saturated carbocycles. The molecule has 1 aliphatic heterocycles. The Balaban J connectivity index is 1.74. The summed E-state index contributed by atoms with van der Waals surface area (Å²) < 4.78 is 17.6. The smallest absolute Gasteiger partial charge is 0.445 e. The second-order valence-corrected chi connectivity index (χ2v) is 8.75. The van der Waals surface area contributed by atoms with Crippen LogP contribution in [0, 0.1) is 0 Å². The molecule has 2 heterocycles. The quantitative estimate of drug-likeness (QED) is 0.511. The van der Waals surface area contributed by atoms with Crippen molar-refractivity contribution in [3.8, 4) is 0 Å². The minimum atomic E-state index is -0.672. The number of carbonyl (C=O) groups is 1. The molecular formula is C22H27BClN3O4. The van der Waals surface area contributed by atoms with Crippen molar-refractivity contribution < 1.29 is 18.8 Å². The Morgan fingerprint density at radius 1 is 1.23 bits per heavy atom. The summed E-state index contributed by atoms with van der Waals surface area (Å²) in [6.07, 6.45) is 2.81. The summed E-state index contributed by atoms with van der Waals surface area (Å²) in [5, 5.41) is 3.06. The Kier molecular flexibility index (Phi) is 6.94. The minimum Gasteiger partial charge on any atom is -0.445 e. The van der Waals surface area contributed by atoms with Crippen LogP contribution < -0.4 is 11.1 Å². The van der Waals surface area contributed by atoms with Crippen LogP contribution in [0.4, 0.5) is 10.5 Å². The van der Waals surface area contributed by atoms with Crippen LogP contribution in [-0.4, -0.2) is 35.9 Å². The molecule has 1 amide bonds. The molecule has 0 unspecified atom stereocenters. The molecular weight excluding hydrogens is 417 g/mol. The van der Waals surface area contributed by atoms with Crippen LogP contribution >= 0.6 is 11.6 Å². The third kappa shape index (κ3) is 5.78. The van der Waals surface area contributed by atoms with E-state index < -0.39 is 24.4 Å². The fourth-order valence-corrected chi connectivity index (χ4v) is 3.09. The second kappa shape index (κ2) is 9.30. The average Bonchev–Trinajstić information content (AvgIpc) is 2.93. The van der Waals surface area contributed by atoms with Gasteiger partial charge in [0.05, 0.1) is 11.2 Å². The Morgan fingerprint density at radius 3 is 2.48 bits per heavy atom. The maximum Gasteiger partial charge on any atom is 0.492 e. The summed E-state index contributed by atoms with van der Waals surface area (Å²) in [5.41, 5.74) is 7.69. The Hall–Kier alpha value is -2.55. The summed E-state index contributed by atoms with van der Waals surface area (Å²) in [6, 6.07) is 11.0. The molecule has 0 aliphatic carbocycles. The number of nitrogens with zero attached hydrogens (tertiary/aromatic N) is 1. The van der Waals surface area contributed by atoms with E-state index in [1.54, 1.807) is 18.3 Å². The number of ether oxygens (including phenoxy) is 1. The lowest BCUT2D eigenvalue weighted by atomic mass is 9.77. The summed E-state index contributed by atoms with van der Waals surface area (Å²) in [6.45, 7) is 8.17. The van der Waals surface area contributed by atoms with E-state index >= 15 is 0 Å². The van der Waals surface area contributed by atoms with Crippen LogP contribution in [0.3, 0.4) is 0 Å². The molecule has 2 aromatic rings. The predicted molar refractivity (Wildman–Crippen MR) is 122 cm³/mol. The van der Waals surface area contributed by atoms with Crippen molar-refractivity contribution in [1.82, 2.24) is 10.3 Å². The van der Waals surface area contributed by atoms with Crippen LogP contribution in [0.5, 0.6) is 0 Å². The number of halogens is 1. The first-order valence-corrected chi connectivity index (χ1v) is 10.4. The first-order valence-electron chi connectivity index (χ1n) is 9.99. The number of carbonyl (C=O) groups excluding carboxylic acids is 1. The van der Waals surface area contributed by atoms with E-state index in [-0.39, 0.29) is 13.2 Å². The first kappa shape index (κ1) is 23.1. The van der Waals surface area contributed by atoms with Crippen molar-refractivity contribution in [1.29, 1.82) is 0 Å². The maximum absolute atomic E-state index is 12.3. The number of hydrogen-bond acceptors (Lipinski definition) is 6. The molecule has 0 bridgehead atoms. The van der Waals surface area contributed by atoms with Crippen LogP contribution in [-0.2, 0) is 20.7 Å². The number of nitrogen functional groups attached to an aromatic ring is 1. The van der Waals surface area contributed by atoms with E-state index in [4.69, 9.17) is 31.4 Å². The third-order valence-electron chi connectivity index (χ3n) is 5.48. The highest BCUT2D eigenvalue weighted by atomic mass is 35.5. The van der Waals surface area contributed by atoms with Gasteiger partial charge in [0.25, 0.3) is 0 Å². The van der Waals surface area contributed by atoms with Crippen LogP contribution in [0.15, 0.2) is 48.1 Å². The third-order valence-corrected chi connectivity index (χ3v) is 5.69. The maximum atomic E-state index is 12.3. The van der Waals surface area contributed by atoms with Gasteiger partial charge >= 0.3 is 13.2 Å². The number of benzene rings is 1. The van der Waals surface area contributed by atoms with Gasteiger partial charge in [-0.1, -0.05) is 48.0 Å². The SMILES string of the molecule is CC1(C)OB(C(=Cc2cnc(Cl)cc2N)CNC(=O)OCc2ccccc2)OC1(C)C. The number of amides is 1. The minimum absolute atomic E-state index is 0.145. The van der Waals surface area contributed by atoms with Gasteiger partial charge in [-0.15, -0.1) is 0 Å². The molecule has 9 heteroatoms. The molecule has 7 nitrogen and oxygen atoms in total. The fourth-order valence-electron chi connectivity index (χ4n) is 2.92. The highest BCUT2D eigenvalue weighted by Gasteiger charge is 2.52. The zero-order valence-electron chi connectivity index (χ0n) is 18.1. The lowest BCUT2D eigenvalue weighted by molar-refractivity contribution is 0.00578. The van der Waals surface area contributed by atoms with Crippen LogP contribution in [0.1, 0.15) is 38.8 Å². The summed E-state index contributed by atoms with van der Waals surface area (Å²) >= 11 is 5.91. The Bertz CT molecular complexity index is 950. The van der Waals surface area contributed by atoms with Gasteiger partial charge in [-0.3, -0.25) is 0 Å². The molecule has 1 saturated heterocycles. The van der Waals surface area contributed by atoms with Crippen molar-refractivity contribution in [3.63, 3.8) is 0 Å². The lowest BCUT2D eigenvalue weighted by Crippen LogP contribution is -2.41. The normalized spacial score (nSPS) is 17.5. The van der Waals surface area contributed by atoms with Gasteiger partial charge in [0.2, 0.25) is 0 Å². The highest BCUT2D eigenvalue weighted by Crippen LogP contribution is 2.39. The number of alkyl carbamates (subject to hydrolysis) is 1. The standard InChI is InChI=1S/C22H27BClN3O4/c1-21(2)22(3,4)31-23(30-21)17(10-16-12-26-19(24)11-18(16)25)13-27-20(28)29-14-15-8-6-5-7-9-15/h5-12H,13-14H2,1-4H3,(H2,25,26)(H,27,28). The van der Waals surface area contributed by atoms with E-state index in [1.165, 1.54) is 0 Å². The molecule has 31 heavy (non-hydrogen) atoms. The summed E-state index contributed by atoms with van der Waals surface area (Å²) in [7, 11) is -0.672. The molecule has 1 aliphatic rings. The Morgan fingerprint density at radius 2 is 1.87 bits per heavy atom. The predicted octanol–water partition coefficient (Wildman–Crippen LogP) is 4.26. The topological polar surface area (TPSA) is 95.7 Å². The number of anilines is 1. The number of hydrogen-bond donors (Lipinski definition) is 2. The van der Waals surface area contributed by atoms with E-state index in [0.717, 1.165) is 5.56 Å². The van der Waals surface area contributed by atoms with Gasteiger partial charge < -0.3 is 25.1 Å². The summed E-state index contributed by atoms with van der Waals surface area (Å²) in [4.78, 5) is 16.3. The molecule has 0 spiro atoms. The van der Waals surface area contributed by atoms with Gasteiger partial charge in [-0.05, 0) is 44.8 Å². The average molecular weight is 444 g/mol. The number of nitrogens with one attached hydrogen (secondary N) is 1. The molecule has 3 N–H and O–H groups in total. The van der Waals surface area contributed by atoms with Gasteiger partial charge in [0.15, 0.2) is 0 Å². The van der Waals surface area contributed by atoms with E-state index in [1.807, 2.05) is 58.0 Å². The van der Waals surface area contributed by atoms with Gasteiger partial charge in [0.1, 0.15) is 11.8 Å². The molecule has 164 valence electrons. The molecule has 0 radical (unpaired) electrons. The fraction of sp³-hybridized carbons (Fsp3) is 0.364. The number of nitrogens with two attached hydrogens (primary N) is 1. The number of rotatable bonds is 6. The van der Waals surface area contributed by atoms with E-state index in [2.05, 4.69) is 10.3 Å². The van der Waals surface area contributed by atoms with Gasteiger partial charge in [0, 0.05) is 24.0 Å². The van der Waals surface area contributed by atoms with Gasteiger partial charge in [-0.25, -0.2) is 9.78 Å². The van der Waals surface area contributed by atoms with Crippen molar-refractivity contribution in [3.05, 3.63) is 64.3 Å². The van der Waals surface area contributed by atoms with Crippen molar-refractivity contribution in [2.24, 2.45) is 0 Å². The van der Waals surface area contributed by atoms with Crippen LogP contribution in [0.2, 0.25) is 5.15 Å². The van der Waals surface area contributed by atoms with Gasteiger partial charge in [-0.2, -0.15) is 0 Å². The number of pyridine rings is 1. The zero-order valence-corrected chi connectivity index (χ0v) is 18.9. The number of aromatic nitrogens is 1. The molecule has 3 rings (SSSR count). The van der Waals surface area contributed by atoms with Crippen molar-refractivity contribution in [2.75, 3.05) is 12.3 Å². The van der Waals surface area contributed by atoms with Crippen molar-refractivity contribution >= 4 is 36.6 Å². The Labute approximate surface area is 188 Å². The molecule has 1 fully saturated rings. The first-order chi connectivity index (χ1) is 14.6. The molecule has 1 aromatic heterocycles. The zero-order chi connectivity index (χ0) is 22.6. The highest BCUT2D eigenvalue weighted by molar-refractivity contribution is 6.56. The summed E-state index contributed by atoms with van der Waals surface area (Å²) in [5.74, 6) is 0. The largest absolute Gasteiger partial charge is 0.492 e. The van der Waals surface area contributed by atoms with E-state index in [9.17, 15) is 4.79 Å². The lowest BCUT2D eigenvalue weighted by Gasteiger charge is -2.32.